The Kier molecular flexibility index (Phi) is 3.00. The van der Waals surface area contributed by atoms with Gasteiger partial charge in [0.25, 0.3) is 0 Å². The molecule has 0 aliphatic rings. The molecule has 1 aromatic carbocycles. The third-order valence-electron chi connectivity index (χ3n) is 2.05. The molecular weight excluding hydrogens is 202 g/mol. The second kappa shape index (κ2) is 4.61. The monoisotopic (exact) mass is 215 g/mol. The van der Waals surface area contributed by atoms with Gasteiger partial charge < -0.3 is 10.5 Å². The van der Waals surface area contributed by atoms with Gasteiger partial charge >= 0.3 is 0 Å². The van der Waals surface area contributed by atoms with Crippen molar-refractivity contribution in [1.29, 1.82) is 0 Å². The van der Waals surface area contributed by atoms with Gasteiger partial charge in [0, 0.05) is 12.5 Å². The number of hydrogen-bond donors (Lipinski definition) is 1. The van der Waals surface area contributed by atoms with Crippen LogP contribution in [0.2, 0.25) is 0 Å². The molecule has 2 N–H and O–H groups in total. The Morgan fingerprint density at radius 3 is 2.62 bits per heavy atom. The number of para-hydroxylation sites is 1. The van der Waals surface area contributed by atoms with E-state index in [1.54, 1.807) is 6.07 Å². The van der Waals surface area contributed by atoms with Crippen molar-refractivity contribution in [3.8, 4) is 11.6 Å². The summed E-state index contributed by atoms with van der Waals surface area (Å²) in [5.41, 5.74) is 5.66. The summed E-state index contributed by atoms with van der Waals surface area (Å²) in [4.78, 5) is 8.31. The zero-order valence-electron chi connectivity index (χ0n) is 9.05. The van der Waals surface area contributed by atoms with Gasteiger partial charge in [0.15, 0.2) is 0 Å². The lowest BCUT2D eigenvalue weighted by Gasteiger charge is -2.06. The fraction of sp³-hybridized carbons (Fsp3) is 0.167. The van der Waals surface area contributed by atoms with E-state index in [9.17, 15) is 0 Å². The number of rotatable bonds is 3. The summed E-state index contributed by atoms with van der Waals surface area (Å²) < 4.78 is 5.57. The summed E-state index contributed by atoms with van der Waals surface area (Å²) in [7, 11) is 0. The second-order valence-corrected chi connectivity index (χ2v) is 3.32. The number of hydrogen-bond acceptors (Lipinski definition) is 4. The molecule has 0 atom stereocenters. The number of ether oxygens (including phenoxy) is 1. The van der Waals surface area contributed by atoms with Crippen LogP contribution in [0.25, 0.3) is 0 Å². The van der Waals surface area contributed by atoms with E-state index < -0.39 is 0 Å². The average Bonchev–Trinajstić information content (AvgIpc) is 2.29. The van der Waals surface area contributed by atoms with Crippen LogP contribution in [0.15, 0.2) is 36.4 Å². The van der Waals surface area contributed by atoms with E-state index in [4.69, 9.17) is 10.5 Å². The van der Waals surface area contributed by atoms with Gasteiger partial charge in [-0.05, 0) is 12.1 Å². The first-order valence-corrected chi connectivity index (χ1v) is 5.14. The van der Waals surface area contributed by atoms with Gasteiger partial charge in [-0.25, -0.2) is 4.98 Å². The van der Waals surface area contributed by atoms with E-state index in [1.165, 1.54) is 0 Å². The zero-order chi connectivity index (χ0) is 11.4. The molecule has 2 aromatic rings. The maximum absolute atomic E-state index is 5.66. The van der Waals surface area contributed by atoms with Crippen LogP contribution in [0.4, 0.5) is 5.82 Å². The van der Waals surface area contributed by atoms with E-state index >= 15 is 0 Å². The van der Waals surface area contributed by atoms with Crippen LogP contribution in [0.3, 0.4) is 0 Å². The number of nitrogen functional groups attached to an aromatic ring is 1. The Morgan fingerprint density at radius 2 is 1.94 bits per heavy atom. The Balaban J connectivity index is 2.24. The highest BCUT2D eigenvalue weighted by Gasteiger charge is 2.03. The summed E-state index contributed by atoms with van der Waals surface area (Å²) in [6, 6.07) is 11.1. The second-order valence-electron chi connectivity index (χ2n) is 3.32. The van der Waals surface area contributed by atoms with Crippen molar-refractivity contribution in [2.75, 3.05) is 5.73 Å². The fourth-order valence-electron chi connectivity index (χ4n) is 1.31. The molecule has 0 bridgehead atoms. The van der Waals surface area contributed by atoms with Crippen molar-refractivity contribution in [2.24, 2.45) is 0 Å². The molecule has 4 nitrogen and oxygen atoms in total. The van der Waals surface area contributed by atoms with E-state index in [1.807, 2.05) is 37.3 Å². The van der Waals surface area contributed by atoms with E-state index in [0.717, 1.165) is 12.2 Å². The Hall–Kier alpha value is -2.10. The van der Waals surface area contributed by atoms with Crippen molar-refractivity contribution in [3.63, 3.8) is 0 Å². The molecule has 2 rings (SSSR count). The van der Waals surface area contributed by atoms with Gasteiger partial charge in [0.2, 0.25) is 5.88 Å². The smallest absolute Gasteiger partial charge is 0.224 e. The molecule has 0 aliphatic heterocycles. The lowest BCUT2D eigenvalue weighted by molar-refractivity contribution is 0.459. The molecular formula is C12H13N3O. The summed E-state index contributed by atoms with van der Waals surface area (Å²) in [6.07, 6.45) is 0.732. The molecule has 0 saturated heterocycles. The first kappa shape index (κ1) is 10.4. The van der Waals surface area contributed by atoms with Crippen LogP contribution < -0.4 is 10.5 Å². The summed E-state index contributed by atoms with van der Waals surface area (Å²) in [6.45, 7) is 1.97. The number of aryl methyl sites for hydroxylation is 1. The number of anilines is 1. The Labute approximate surface area is 94.1 Å². The predicted octanol–water partition coefficient (Wildman–Crippen LogP) is 2.41. The van der Waals surface area contributed by atoms with Gasteiger partial charge in [-0.3, -0.25) is 0 Å². The highest BCUT2D eigenvalue weighted by Crippen LogP contribution is 2.20. The number of benzene rings is 1. The van der Waals surface area contributed by atoms with Crippen LogP contribution in [-0.4, -0.2) is 9.97 Å². The van der Waals surface area contributed by atoms with Gasteiger partial charge in [-0.2, -0.15) is 4.98 Å². The summed E-state index contributed by atoms with van der Waals surface area (Å²) in [5.74, 6) is 2.34. The highest BCUT2D eigenvalue weighted by atomic mass is 16.5. The minimum Gasteiger partial charge on any atom is -0.439 e. The first-order valence-electron chi connectivity index (χ1n) is 5.14. The number of nitrogens with zero attached hydrogens (tertiary/aromatic N) is 2. The average molecular weight is 215 g/mol. The van der Waals surface area contributed by atoms with Crippen LogP contribution in [-0.2, 0) is 6.42 Å². The van der Waals surface area contributed by atoms with Crippen molar-refractivity contribution in [2.45, 2.75) is 13.3 Å². The molecule has 0 amide bonds. The Morgan fingerprint density at radius 1 is 1.19 bits per heavy atom. The van der Waals surface area contributed by atoms with Crippen LogP contribution >= 0.6 is 0 Å². The molecule has 0 saturated carbocycles. The lowest BCUT2D eigenvalue weighted by Crippen LogP contribution is -2.00. The van der Waals surface area contributed by atoms with Gasteiger partial charge in [0.05, 0.1) is 0 Å². The van der Waals surface area contributed by atoms with E-state index in [2.05, 4.69) is 9.97 Å². The van der Waals surface area contributed by atoms with Crippen LogP contribution in [0.1, 0.15) is 12.7 Å². The van der Waals surface area contributed by atoms with E-state index in [0.29, 0.717) is 17.5 Å². The SMILES string of the molecule is CCc1nc(N)cc(Oc2ccccc2)n1. The van der Waals surface area contributed by atoms with Crippen LogP contribution in [0.5, 0.6) is 11.6 Å². The third-order valence-corrected chi connectivity index (χ3v) is 2.05. The largest absolute Gasteiger partial charge is 0.439 e. The normalized spacial score (nSPS) is 10.1. The first-order chi connectivity index (χ1) is 7.78. The van der Waals surface area contributed by atoms with Gasteiger partial charge in [-0.1, -0.05) is 25.1 Å². The quantitative estimate of drug-likeness (QED) is 0.854. The Bertz CT molecular complexity index is 471. The third kappa shape index (κ3) is 2.48. The molecule has 1 aromatic heterocycles. The van der Waals surface area contributed by atoms with Crippen molar-refractivity contribution < 1.29 is 4.74 Å². The molecule has 1 heterocycles. The molecule has 82 valence electrons. The number of aromatic nitrogens is 2. The van der Waals surface area contributed by atoms with Crippen LogP contribution in [0, 0.1) is 0 Å². The predicted molar refractivity (Wildman–Crippen MR) is 62.3 cm³/mol. The summed E-state index contributed by atoms with van der Waals surface area (Å²) in [5, 5.41) is 0. The minimum absolute atomic E-state index is 0.429. The van der Waals surface area contributed by atoms with Crippen molar-refractivity contribution >= 4 is 5.82 Å². The maximum atomic E-state index is 5.66. The highest BCUT2D eigenvalue weighted by molar-refractivity contribution is 5.35. The minimum atomic E-state index is 0.429. The van der Waals surface area contributed by atoms with E-state index in [-0.39, 0.29) is 0 Å². The molecule has 0 radical (unpaired) electrons. The van der Waals surface area contributed by atoms with Gasteiger partial charge in [0.1, 0.15) is 17.4 Å². The van der Waals surface area contributed by atoms with Crippen molar-refractivity contribution in [1.82, 2.24) is 9.97 Å². The maximum Gasteiger partial charge on any atom is 0.224 e. The van der Waals surface area contributed by atoms with Crippen molar-refractivity contribution in [3.05, 3.63) is 42.2 Å². The molecule has 4 heteroatoms. The van der Waals surface area contributed by atoms with Gasteiger partial charge in [-0.15, -0.1) is 0 Å². The molecule has 0 spiro atoms. The molecule has 0 fully saturated rings. The molecule has 0 aliphatic carbocycles. The fourth-order valence-corrected chi connectivity index (χ4v) is 1.31. The topological polar surface area (TPSA) is 61.0 Å². The molecule has 0 unspecified atom stereocenters. The molecule has 16 heavy (non-hydrogen) atoms. The lowest BCUT2D eigenvalue weighted by atomic mass is 10.3. The standard InChI is InChI=1S/C12H13N3O/c1-2-11-14-10(13)8-12(15-11)16-9-6-4-3-5-7-9/h3-8H,2H2,1H3,(H2,13,14,15). The summed E-state index contributed by atoms with van der Waals surface area (Å²) >= 11 is 0. The number of nitrogens with two attached hydrogens (primary N) is 1. The zero-order valence-corrected chi connectivity index (χ0v) is 9.05.